The van der Waals surface area contributed by atoms with Gasteiger partial charge in [0.15, 0.2) is 4.80 Å². The van der Waals surface area contributed by atoms with E-state index in [-0.39, 0.29) is 12.2 Å². The highest BCUT2D eigenvalue weighted by Gasteiger charge is 2.33. The van der Waals surface area contributed by atoms with Crippen molar-refractivity contribution in [2.75, 3.05) is 13.2 Å². The van der Waals surface area contributed by atoms with Crippen LogP contribution < -0.4 is 19.6 Å². The third-order valence-corrected chi connectivity index (χ3v) is 7.11. The van der Waals surface area contributed by atoms with E-state index in [2.05, 4.69) is 20.9 Å². The van der Waals surface area contributed by atoms with Crippen LogP contribution in [0.5, 0.6) is 5.75 Å². The van der Waals surface area contributed by atoms with Gasteiger partial charge in [-0.15, -0.1) is 0 Å². The Balaban J connectivity index is 1.89. The van der Waals surface area contributed by atoms with Crippen LogP contribution in [-0.2, 0) is 9.53 Å². The average Bonchev–Trinajstić information content (AvgIpc) is 3.10. The van der Waals surface area contributed by atoms with Gasteiger partial charge in [0, 0.05) is 5.02 Å². The predicted molar refractivity (Wildman–Crippen MR) is 137 cm³/mol. The molecular weight excluding hydrogens is 540 g/mol. The molecule has 1 aliphatic rings. The molecule has 0 spiro atoms. The Bertz CT molecular complexity index is 1460. The Morgan fingerprint density at radius 1 is 1.21 bits per heavy atom. The lowest BCUT2D eigenvalue weighted by Crippen LogP contribution is -2.39. The summed E-state index contributed by atoms with van der Waals surface area (Å²) >= 11 is 10.9. The largest absolute Gasteiger partial charge is 0.493 e. The van der Waals surface area contributed by atoms with E-state index < -0.39 is 12.0 Å². The molecule has 2 heterocycles. The molecule has 0 amide bonds. The van der Waals surface area contributed by atoms with Crippen LogP contribution in [0.1, 0.15) is 37.9 Å². The second kappa shape index (κ2) is 10.3. The van der Waals surface area contributed by atoms with E-state index >= 15 is 0 Å². The maximum Gasteiger partial charge on any atom is 0.338 e. The smallest absolute Gasteiger partial charge is 0.338 e. The molecule has 0 aliphatic carbocycles. The summed E-state index contributed by atoms with van der Waals surface area (Å²) in [6, 6.07) is 12.1. The molecule has 4 rings (SSSR count). The van der Waals surface area contributed by atoms with Crippen molar-refractivity contribution in [2.24, 2.45) is 4.99 Å². The number of hydrogen-bond donors (Lipinski definition) is 0. The number of thiazole rings is 1. The molecule has 0 N–H and O–H groups in total. The van der Waals surface area contributed by atoms with Crippen LogP contribution in [0.15, 0.2) is 68.0 Å². The van der Waals surface area contributed by atoms with Crippen LogP contribution in [0.3, 0.4) is 0 Å². The quantitative estimate of drug-likeness (QED) is 0.412. The Hall–Kier alpha value is -2.68. The van der Waals surface area contributed by atoms with E-state index in [0.29, 0.717) is 32.2 Å². The predicted octanol–water partition coefficient (Wildman–Crippen LogP) is 4.61. The van der Waals surface area contributed by atoms with E-state index in [0.717, 1.165) is 21.3 Å². The first-order valence-corrected chi connectivity index (χ1v) is 12.7. The Labute approximate surface area is 213 Å². The minimum absolute atomic E-state index is 0.222. The standard InChI is InChI=1S/C25H22BrClN2O4S/c1-4-32-19-11-6-15(12-18(19)26)13-20-23(30)29-22(16-7-9-17(27)10-8-16)21(24(31)33-5-2)14(3)28-25(29)34-20/h6-13,22H,4-5H2,1-3H3/b20-13-/t22-/m1/s1. The summed E-state index contributed by atoms with van der Waals surface area (Å²) in [4.78, 5) is 31.6. The van der Waals surface area contributed by atoms with Gasteiger partial charge in [0.05, 0.1) is 39.5 Å². The fraction of sp³-hybridized carbons (Fsp3) is 0.240. The summed E-state index contributed by atoms with van der Waals surface area (Å²) in [5.41, 5.74) is 2.22. The number of rotatable bonds is 6. The number of halogens is 2. The monoisotopic (exact) mass is 560 g/mol. The summed E-state index contributed by atoms with van der Waals surface area (Å²) in [5, 5.41) is 0.565. The summed E-state index contributed by atoms with van der Waals surface area (Å²) in [6.45, 7) is 6.21. The summed E-state index contributed by atoms with van der Waals surface area (Å²) in [7, 11) is 0. The number of benzene rings is 2. The highest BCUT2D eigenvalue weighted by molar-refractivity contribution is 9.10. The molecule has 9 heteroatoms. The first kappa shape index (κ1) is 24.4. The highest BCUT2D eigenvalue weighted by atomic mass is 79.9. The number of hydrogen-bond acceptors (Lipinski definition) is 6. The molecular formula is C25H22BrClN2O4S. The zero-order chi connectivity index (χ0) is 24.4. The average molecular weight is 562 g/mol. The molecule has 1 aliphatic heterocycles. The molecule has 3 aromatic rings. The zero-order valence-electron chi connectivity index (χ0n) is 18.8. The second-order valence-corrected chi connectivity index (χ2v) is 9.78. The normalized spacial score (nSPS) is 15.7. The molecule has 0 fully saturated rings. The zero-order valence-corrected chi connectivity index (χ0v) is 22.0. The van der Waals surface area contributed by atoms with E-state index in [1.165, 1.54) is 11.3 Å². The number of allylic oxidation sites excluding steroid dienone is 1. The molecule has 0 radical (unpaired) electrons. The first-order valence-electron chi connectivity index (χ1n) is 10.7. The molecule has 0 saturated carbocycles. The number of carbonyl (C=O) groups is 1. The number of fused-ring (bicyclic) bond motifs is 1. The van der Waals surface area contributed by atoms with E-state index in [4.69, 9.17) is 21.1 Å². The van der Waals surface area contributed by atoms with E-state index in [1.807, 2.05) is 43.3 Å². The maximum absolute atomic E-state index is 13.6. The lowest BCUT2D eigenvalue weighted by molar-refractivity contribution is -0.139. The van der Waals surface area contributed by atoms with Crippen molar-refractivity contribution >= 4 is 50.9 Å². The van der Waals surface area contributed by atoms with Crippen LogP contribution in [0.4, 0.5) is 0 Å². The Morgan fingerprint density at radius 3 is 2.59 bits per heavy atom. The van der Waals surface area contributed by atoms with Crippen molar-refractivity contribution in [1.82, 2.24) is 4.57 Å². The molecule has 176 valence electrons. The lowest BCUT2D eigenvalue weighted by atomic mass is 9.96. The van der Waals surface area contributed by atoms with Crippen molar-refractivity contribution in [1.29, 1.82) is 0 Å². The molecule has 34 heavy (non-hydrogen) atoms. The van der Waals surface area contributed by atoms with Crippen molar-refractivity contribution in [2.45, 2.75) is 26.8 Å². The second-order valence-electron chi connectivity index (χ2n) is 7.48. The fourth-order valence-corrected chi connectivity index (χ4v) is 5.47. The van der Waals surface area contributed by atoms with Gasteiger partial charge in [0.1, 0.15) is 5.75 Å². The number of nitrogens with zero attached hydrogens (tertiary/aromatic N) is 2. The van der Waals surface area contributed by atoms with Gasteiger partial charge in [-0.2, -0.15) is 0 Å². The minimum Gasteiger partial charge on any atom is -0.493 e. The van der Waals surface area contributed by atoms with Gasteiger partial charge < -0.3 is 9.47 Å². The molecule has 1 atom stereocenters. The fourth-order valence-electron chi connectivity index (χ4n) is 3.78. The van der Waals surface area contributed by atoms with Gasteiger partial charge in [0.2, 0.25) is 0 Å². The molecule has 0 unspecified atom stereocenters. The van der Waals surface area contributed by atoms with E-state index in [9.17, 15) is 9.59 Å². The summed E-state index contributed by atoms with van der Waals surface area (Å²) < 4.78 is 13.7. The Kier molecular flexibility index (Phi) is 7.40. The van der Waals surface area contributed by atoms with Crippen molar-refractivity contribution < 1.29 is 14.3 Å². The van der Waals surface area contributed by atoms with Crippen molar-refractivity contribution in [3.8, 4) is 5.75 Å². The van der Waals surface area contributed by atoms with Crippen LogP contribution >= 0.6 is 38.9 Å². The van der Waals surface area contributed by atoms with Crippen molar-refractivity contribution in [3.63, 3.8) is 0 Å². The lowest BCUT2D eigenvalue weighted by Gasteiger charge is -2.24. The van der Waals surface area contributed by atoms with Gasteiger partial charge in [0.25, 0.3) is 5.56 Å². The Morgan fingerprint density at radius 2 is 1.94 bits per heavy atom. The third kappa shape index (κ3) is 4.76. The van der Waals surface area contributed by atoms with Gasteiger partial charge in [-0.1, -0.05) is 41.1 Å². The summed E-state index contributed by atoms with van der Waals surface area (Å²) in [5.74, 6) is 0.243. The van der Waals surface area contributed by atoms with Crippen molar-refractivity contribution in [3.05, 3.63) is 94.0 Å². The topological polar surface area (TPSA) is 69.9 Å². The molecule has 1 aromatic heterocycles. The minimum atomic E-state index is -0.665. The van der Waals surface area contributed by atoms with Gasteiger partial charge in [-0.05, 0) is 78.2 Å². The van der Waals surface area contributed by atoms with Crippen LogP contribution in [0.2, 0.25) is 5.02 Å². The van der Waals surface area contributed by atoms with Gasteiger partial charge in [-0.3, -0.25) is 9.36 Å². The van der Waals surface area contributed by atoms with Crippen LogP contribution in [0.25, 0.3) is 6.08 Å². The molecule has 2 aromatic carbocycles. The van der Waals surface area contributed by atoms with Crippen LogP contribution in [0, 0.1) is 0 Å². The number of ether oxygens (including phenoxy) is 2. The van der Waals surface area contributed by atoms with Crippen LogP contribution in [-0.4, -0.2) is 23.8 Å². The number of aromatic nitrogens is 1. The number of carbonyl (C=O) groups excluding carboxylic acids is 1. The summed E-state index contributed by atoms with van der Waals surface area (Å²) in [6.07, 6.45) is 1.81. The molecule has 0 saturated heterocycles. The SMILES string of the molecule is CCOC(=O)C1=C(C)N=c2s/c(=C\c3ccc(OCC)c(Br)c3)c(=O)n2[C@@H]1c1ccc(Cl)cc1. The maximum atomic E-state index is 13.6. The van der Waals surface area contributed by atoms with E-state index in [1.54, 1.807) is 30.5 Å². The first-order chi connectivity index (χ1) is 16.3. The molecule has 0 bridgehead atoms. The molecule has 6 nitrogen and oxygen atoms in total. The third-order valence-electron chi connectivity index (χ3n) is 5.26. The van der Waals surface area contributed by atoms with Gasteiger partial charge >= 0.3 is 5.97 Å². The van der Waals surface area contributed by atoms with Gasteiger partial charge in [-0.25, -0.2) is 9.79 Å². The highest BCUT2D eigenvalue weighted by Crippen LogP contribution is 2.31. The number of esters is 1.